The molecule has 0 bridgehead atoms. The number of aryl methyl sites for hydroxylation is 1. The largest absolute Gasteiger partial charge is 0.268 e. The van der Waals surface area contributed by atoms with Gasteiger partial charge in [0.2, 0.25) is 0 Å². The van der Waals surface area contributed by atoms with Gasteiger partial charge < -0.3 is 0 Å². The predicted octanol–water partition coefficient (Wildman–Crippen LogP) is 7.37. The van der Waals surface area contributed by atoms with Gasteiger partial charge in [-0.3, -0.25) is 4.99 Å². The summed E-state index contributed by atoms with van der Waals surface area (Å²) in [5, 5.41) is 0.840. The molecule has 0 saturated heterocycles. The second-order valence-electron chi connectivity index (χ2n) is 9.34. The van der Waals surface area contributed by atoms with Crippen LogP contribution in [-0.4, -0.2) is 6.21 Å². The Morgan fingerprint density at radius 3 is 2.65 bits per heavy atom. The van der Waals surface area contributed by atoms with E-state index < -0.39 is 0 Å². The molecule has 0 saturated carbocycles. The fourth-order valence-electron chi connectivity index (χ4n) is 6.11. The van der Waals surface area contributed by atoms with E-state index in [2.05, 4.69) is 66.6 Å². The number of nitrogens with zero attached hydrogens (tertiary/aromatic N) is 1. The first kappa shape index (κ1) is 19.1. The Morgan fingerprint density at radius 2 is 1.71 bits per heavy atom. The number of hydrogen-bond donors (Lipinski definition) is 0. The highest BCUT2D eigenvalue weighted by atomic mass is 35.5. The number of benzene rings is 3. The molecule has 1 nitrogen and oxygen atoms in total. The van der Waals surface area contributed by atoms with Crippen molar-refractivity contribution in [2.75, 3.05) is 0 Å². The lowest BCUT2D eigenvalue weighted by Gasteiger charge is -2.40. The molecule has 1 atom stereocenters. The third-order valence-corrected chi connectivity index (χ3v) is 7.89. The summed E-state index contributed by atoms with van der Waals surface area (Å²) in [6.07, 6.45) is 10.8. The van der Waals surface area contributed by atoms with Gasteiger partial charge in [-0.05, 0) is 94.3 Å². The maximum atomic E-state index is 6.28. The third kappa shape index (κ3) is 2.94. The Kier molecular flexibility index (Phi) is 4.43. The first-order valence-corrected chi connectivity index (χ1v) is 11.8. The molecule has 0 spiro atoms. The average molecular weight is 424 g/mol. The fraction of sp³-hybridized carbons (Fsp3) is 0.276. The summed E-state index contributed by atoms with van der Waals surface area (Å²) in [4.78, 5) is 4.69. The maximum absolute atomic E-state index is 6.28. The molecule has 0 amide bonds. The highest BCUT2D eigenvalue weighted by Gasteiger charge is 2.39. The zero-order valence-electron chi connectivity index (χ0n) is 17.9. The van der Waals surface area contributed by atoms with Crippen LogP contribution in [0.25, 0.3) is 16.7 Å². The van der Waals surface area contributed by atoms with Crippen LogP contribution < -0.4 is 0 Å². The zero-order chi connectivity index (χ0) is 21.0. The van der Waals surface area contributed by atoms with Crippen molar-refractivity contribution in [3.63, 3.8) is 0 Å². The fourth-order valence-corrected chi connectivity index (χ4v) is 6.30. The van der Waals surface area contributed by atoms with Gasteiger partial charge in [-0.15, -0.1) is 0 Å². The molecule has 6 rings (SSSR count). The van der Waals surface area contributed by atoms with Crippen molar-refractivity contribution in [2.24, 2.45) is 4.99 Å². The number of hydrogen-bond acceptors (Lipinski definition) is 1. The standard InChI is InChI=1S/C29H26ClN/c1-29(28-18-31-16-14-19-5-2-3-6-23(19)28)15-4-7-26-25-10-8-20-17-21(30)9-11-22(20)24(25)12-13-27(26)29/h2-3,5-6,9,11-13,16-18H,4,7-8,10,14-15H2,1H3. The lowest BCUT2D eigenvalue weighted by Crippen LogP contribution is -2.30. The highest BCUT2D eigenvalue weighted by Crippen LogP contribution is 2.50. The number of halogens is 1. The lowest BCUT2D eigenvalue weighted by molar-refractivity contribution is 0.492. The minimum absolute atomic E-state index is 0.0132. The van der Waals surface area contributed by atoms with Crippen molar-refractivity contribution in [1.29, 1.82) is 0 Å². The normalized spacial score (nSPS) is 21.3. The maximum Gasteiger partial charge on any atom is 0.0409 e. The van der Waals surface area contributed by atoms with E-state index in [-0.39, 0.29) is 5.41 Å². The lowest BCUT2D eigenvalue weighted by atomic mass is 9.63. The second kappa shape index (κ2) is 7.21. The molecule has 3 aliphatic rings. The van der Waals surface area contributed by atoms with Gasteiger partial charge in [0, 0.05) is 29.3 Å². The molecule has 0 radical (unpaired) electrons. The number of fused-ring (bicyclic) bond motifs is 6. The van der Waals surface area contributed by atoms with Gasteiger partial charge in [0.05, 0.1) is 0 Å². The highest BCUT2D eigenvalue weighted by molar-refractivity contribution is 6.30. The van der Waals surface area contributed by atoms with Crippen molar-refractivity contribution in [2.45, 2.75) is 50.9 Å². The molecule has 1 heterocycles. The van der Waals surface area contributed by atoms with Crippen LogP contribution in [0.15, 0.2) is 65.8 Å². The van der Waals surface area contributed by atoms with E-state index in [1.54, 1.807) is 11.1 Å². The van der Waals surface area contributed by atoms with Crippen molar-refractivity contribution in [1.82, 2.24) is 0 Å². The van der Waals surface area contributed by atoms with Gasteiger partial charge in [-0.1, -0.05) is 61.0 Å². The molecule has 0 fully saturated rings. The first-order chi connectivity index (χ1) is 15.1. The third-order valence-electron chi connectivity index (χ3n) is 7.65. The van der Waals surface area contributed by atoms with Crippen molar-refractivity contribution >= 4 is 23.4 Å². The number of allylic oxidation sites excluding steroid dienone is 1. The van der Waals surface area contributed by atoms with Crippen molar-refractivity contribution in [3.8, 4) is 11.1 Å². The summed E-state index contributed by atoms with van der Waals surface area (Å²) in [6, 6.07) is 20.0. The van der Waals surface area contributed by atoms with Crippen LogP contribution in [0.2, 0.25) is 5.02 Å². The molecule has 2 aliphatic carbocycles. The molecule has 0 aromatic heterocycles. The molecule has 2 heteroatoms. The van der Waals surface area contributed by atoms with Crippen LogP contribution in [0.5, 0.6) is 0 Å². The van der Waals surface area contributed by atoms with Crippen molar-refractivity contribution < 1.29 is 0 Å². The zero-order valence-corrected chi connectivity index (χ0v) is 18.7. The minimum Gasteiger partial charge on any atom is -0.268 e. The van der Waals surface area contributed by atoms with Crippen LogP contribution in [-0.2, 0) is 31.1 Å². The molecule has 1 unspecified atom stereocenters. The Labute approximate surface area is 189 Å². The average Bonchev–Trinajstić information content (AvgIpc) is 3.01. The van der Waals surface area contributed by atoms with E-state index in [0.717, 1.165) is 24.3 Å². The topological polar surface area (TPSA) is 12.4 Å². The predicted molar refractivity (Wildman–Crippen MR) is 131 cm³/mol. The first-order valence-electron chi connectivity index (χ1n) is 11.4. The molecule has 0 N–H and O–H groups in total. The van der Waals surface area contributed by atoms with Gasteiger partial charge in [-0.25, -0.2) is 0 Å². The van der Waals surface area contributed by atoms with Gasteiger partial charge in [0.1, 0.15) is 0 Å². The van der Waals surface area contributed by atoms with E-state index in [1.165, 1.54) is 58.2 Å². The van der Waals surface area contributed by atoms with Crippen LogP contribution in [0.1, 0.15) is 53.1 Å². The summed E-state index contributed by atoms with van der Waals surface area (Å²) >= 11 is 6.28. The van der Waals surface area contributed by atoms with E-state index in [1.807, 2.05) is 12.3 Å². The van der Waals surface area contributed by atoms with Gasteiger partial charge in [-0.2, -0.15) is 0 Å². The number of aliphatic imine (C=N–C) groups is 1. The van der Waals surface area contributed by atoms with Crippen LogP contribution in [0.3, 0.4) is 0 Å². The Hall–Kier alpha value is -2.64. The molecule has 1 aliphatic heterocycles. The van der Waals surface area contributed by atoms with Crippen molar-refractivity contribution in [3.05, 3.63) is 99.2 Å². The van der Waals surface area contributed by atoms with E-state index >= 15 is 0 Å². The molecule has 3 aromatic rings. The summed E-state index contributed by atoms with van der Waals surface area (Å²) in [6.45, 7) is 2.44. The second-order valence-corrected chi connectivity index (χ2v) is 9.78. The Morgan fingerprint density at radius 1 is 0.839 bits per heavy atom. The minimum atomic E-state index is -0.0132. The summed E-state index contributed by atoms with van der Waals surface area (Å²) < 4.78 is 0. The smallest absolute Gasteiger partial charge is 0.0409 e. The number of rotatable bonds is 1. The summed E-state index contributed by atoms with van der Waals surface area (Å²) in [5.74, 6) is 0. The summed E-state index contributed by atoms with van der Waals surface area (Å²) in [7, 11) is 0. The summed E-state index contributed by atoms with van der Waals surface area (Å²) in [5.41, 5.74) is 12.9. The quantitative estimate of drug-likeness (QED) is 0.387. The van der Waals surface area contributed by atoms with E-state index in [4.69, 9.17) is 11.6 Å². The van der Waals surface area contributed by atoms with Crippen LogP contribution in [0, 0.1) is 0 Å². The van der Waals surface area contributed by atoms with Gasteiger partial charge in [0.15, 0.2) is 0 Å². The molecule has 31 heavy (non-hydrogen) atoms. The van der Waals surface area contributed by atoms with Gasteiger partial charge >= 0.3 is 0 Å². The van der Waals surface area contributed by atoms with E-state index in [9.17, 15) is 0 Å². The van der Waals surface area contributed by atoms with Gasteiger partial charge in [0.25, 0.3) is 0 Å². The monoisotopic (exact) mass is 423 g/mol. The van der Waals surface area contributed by atoms with Crippen LogP contribution >= 0.6 is 11.6 Å². The SMILES string of the molecule is CC1(C2=CN=CCc3ccccc32)CCCc2c1ccc1c2CCc2cc(Cl)ccc2-1. The Balaban J connectivity index is 1.53. The van der Waals surface area contributed by atoms with E-state index in [0.29, 0.717) is 0 Å². The Bertz CT molecular complexity index is 1270. The molecule has 154 valence electrons. The molecule has 3 aromatic carbocycles. The molecular weight excluding hydrogens is 398 g/mol. The van der Waals surface area contributed by atoms with Crippen LogP contribution in [0.4, 0.5) is 0 Å². The molecular formula is C29H26ClN.